The molecule has 0 aromatic heterocycles. The second kappa shape index (κ2) is 6.89. The highest BCUT2D eigenvalue weighted by Crippen LogP contribution is 2.29. The highest BCUT2D eigenvalue weighted by atomic mass is 35.5. The van der Waals surface area contributed by atoms with Crippen molar-refractivity contribution in [1.82, 2.24) is 5.32 Å². The molecule has 0 bridgehead atoms. The van der Waals surface area contributed by atoms with Crippen LogP contribution in [0, 0.1) is 22.0 Å². The van der Waals surface area contributed by atoms with E-state index < -0.39 is 10.8 Å². The third kappa shape index (κ3) is 3.94. The average molecular weight is 311 g/mol. The molecule has 1 aliphatic carbocycles. The first-order valence-electron chi connectivity index (χ1n) is 7.20. The molecule has 0 spiro atoms. The van der Waals surface area contributed by atoms with Crippen LogP contribution in [-0.4, -0.2) is 17.4 Å². The number of rotatable bonds is 4. The maximum absolute atomic E-state index is 12.2. The van der Waals surface area contributed by atoms with Crippen molar-refractivity contribution >= 4 is 23.2 Å². The number of nitro benzene ring substituents is 1. The number of para-hydroxylation sites is 1. The van der Waals surface area contributed by atoms with Crippen LogP contribution in [0.1, 0.15) is 43.0 Å². The number of carbonyl (C=O) groups excluding carboxylic acids is 1. The van der Waals surface area contributed by atoms with E-state index in [1.807, 2.05) is 0 Å². The summed E-state index contributed by atoms with van der Waals surface area (Å²) in [4.78, 5) is 22.6. The van der Waals surface area contributed by atoms with Crippen LogP contribution >= 0.6 is 11.6 Å². The molecule has 1 aromatic rings. The lowest BCUT2D eigenvalue weighted by Gasteiger charge is -2.26. The number of carbonyl (C=O) groups is 1. The van der Waals surface area contributed by atoms with Crippen LogP contribution in [0.25, 0.3) is 0 Å². The van der Waals surface area contributed by atoms with E-state index >= 15 is 0 Å². The molecule has 2 unspecified atom stereocenters. The van der Waals surface area contributed by atoms with Gasteiger partial charge in [-0.2, -0.15) is 0 Å². The molecule has 1 amide bonds. The summed E-state index contributed by atoms with van der Waals surface area (Å²) in [7, 11) is 0. The summed E-state index contributed by atoms with van der Waals surface area (Å²) in [6.45, 7) is 2.78. The lowest BCUT2D eigenvalue weighted by molar-refractivity contribution is -0.385. The van der Waals surface area contributed by atoms with E-state index in [0.717, 1.165) is 12.8 Å². The molecule has 1 saturated carbocycles. The topological polar surface area (TPSA) is 72.2 Å². The molecule has 0 aliphatic heterocycles. The molecule has 2 atom stereocenters. The minimum atomic E-state index is -0.611. The van der Waals surface area contributed by atoms with Crippen LogP contribution < -0.4 is 5.32 Å². The third-order valence-corrected chi connectivity index (χ3v) is 4.32. The monoisotopic (exact) mass is 310 g/mol. The van der Waals surface area contributed by atoms with Crippen LogP contribution in [0.15, 0.2) is 18.2 Å². The van der Waals surface area contributed by atoms with Crippen LogP contribution in [0.4, 0.5) is 5.69 Å². The Morgan fingerprint density at radius 2 is 2.24 bits per heavy atom. The number of nitro groups is 1. The molecule has 1 aliphatic rings. The van der Waals surface area contributed by atoms with Crippen LogP contribution in [0.3, 0.4) is 0 Å². The van der Waals surface area contributed by atoms with E-state index in [1.165, 1.54) is 25.0 Å². The van der Waals surface area contributed by atoms with Crippen molar-refractivity contribution in [2.75, 3.05) is 6.54 Å². The Kier molecular flexibility index (Phi) is 5.17. The van der Waals surface area contributed by atoms with Gasteiger partial charge in [-0.3, -0.25) is 14.9 Å². The number of amides is 1. The first-order chi connectivity index (χ1) is 9.99. The lowest BCUT2D eigenvalue weighted by Crippen LogP contribution is -2.31. The van der Waals surface area contributed by atoms with Gasteiger partial charge in [-0.15, -0.1) is 0 Å². The Bertz CT molecular complexity index is 548. The summed E-state index contributed by atoms with van der Waals surface area (Å²) in [5, 5.41) is 13.8. The van der Waals surface area contributed by atoms with Gasteiger partial charge in [0.2, 0.25) is 0 Å². The highest BCUT2D eigenvalue weighted by Gasteiger charge is 2.25. The maximum Gasteiger partial charge on any atom is 0.300 e. The predicted octanol–water partition coefficient (Wildman–Crippen LogP) is 3.80. The smallest absolute Gasteiger partial charge is 0.300 e. The Morgan fingerprint density at radius 3 is 2.90 bits per heavy atom. The summed E-state index contributed by atoms with van der Waals surface area (Å²) in [6, 6.07) is 4.40. The fourth-order valence-corrected chi connectivity index (χ4v) is 3.21. The van der Waals surface area contributed by atoms with Crippen molar-refractivity contribution in [2.24, 2.45) is 11.8 Å². The molecule has 1 N–H and O–H groups in total. The molecule has 1 aromatic carbocycles. The fraction of sp³-hybridized carbons (Fsp3) is 0.533. The Hall–Kier alpha value is -1.62. The van der Waals surface area contributed by atoms with Crippen molar-refractivity contribution in [3.63, 3.8) is 0 Å². The summed E-state index contributed by atoms with van der Waals surface area (Å²) >= 11 is 5.81. The normalized spacial score (nSPS) is 21.8. The van der Waals surface area contributed by atoms with Gasteiger partial charge in [-0.25, -0.2) is 0 Å². The van der Waals surface area contributed by atoms with E-state index in [4.69, 9.17) is 11.6 Å². The van der Waals surface area contributed by atoms with Gasteiger partial charge in [0.1, 0.15) is 10.6 Å². The predicted molar refractivity (Wildman–Crippen MR) is 81.6 cm³/mol. The van der Waals surface area contributed by atoms with Crippen molar-refractivity contribution in [3.05, 3.63) is 38.9 Å². The summed E-state index contributed by atoms with van der Waals surface area (Å²) < 4.78 is 0. The lowest BCUT2D eigenvalue weighted by atomic mass is 9.82. The molecule has 114 valence electrons. The molecule has 0 heterocycles. The van der Waals surface area contributed by atoms with E-state index in [9.17, 15) is 14.9 Å². The van der Waals surface area contributed by atoms with E-state index in [1.54, 1.807) is 6.07 Å². The van der Waals surface area contributed by atoms with E-state index in [-0.39, 0.29) is 16.3 Å². The van der Waals surface area contributed by atoms with Crippen LogP contribution in [-0.2, 0) is 0 Å². The number of nitrogens with one attached hydrogen (secondary N) is 1. The molecule has 0 saturated heterocycles. The Labute approximate surface area is 128 Å². The van der Waals surface area contributed by atoms with Crippen LogP contribution in [0.2, 0.25) is 5.02 Å². The molecule has 21 heavy (non-hydrogen) atoms. The van der Waals surface area contributed by atoms with E-state index in [0.29, 0.717) is 18.4 Å². The minimum Gasteiger partial charge on any atom is -0.352 e. The molecular weight excluding hydrogens is 292 g/mol. The second-order valence-corrected chi connectivity index (χ2v) is 6.15. The molecular formula is C15H19ClN2O3. The summed E-state index contributed by atoms with van der Waals surface area (Å²) in [5.41, 5.74) is -0.301. The zero-order valence-electron chi connectivity index (χ0n) is 12.0. The minimum absolute atomic E-state index is 0.0149. The molecule has 5 nitrogen and oxygen atoms in total. The van der Waals surface area contributed by atoms with Gasteiger partial charge in [0.15, 0.2) is 0 Å². The highest BCUT2D eigenvalue weighted by molar-refractivity contribution is 6.33. The van der Waals surface area contributed by atoms with Crippen molar-refractivity contribution in [1.29, 1.82) is 0 Å². The quantitative estimate of drug-likeness (QED) is 0.679. The molecule has 1 fully saturated rings. The Morgan fingerprint density at radius 1 is 1.48 bits per heavy atom. The van der Waals surface area contributed by atoms with Crippen LogP contribution in [0.5, 0.6) is 0 Å². The Balaban J connectivity index is 2.04. The van der Waals surface area contributed by atoms with E-state index in [2.05, 4.69) is 12.2 Å². The number of benzene rings is 1. The van der Waals surface area contributed by atoms with Gasteiger partial charge >= 0.3 is 5.69 Å². The van der Waals surface area contributed by atoms with Crippen molar-refractivity contribution < 1.29 is 9.72 Å². The largest absolute Gasteiger partial charge is 0.352 e. The fourth-order valence-electron chi connectivity index (χ4n) is 2.96. The van der Waals surface area contributed by atoms with Gasteiger partial charge in [0.25, 0.3) is 5.91 Å². The summed E-state index contributed by atoms with van der Waals surface area (Å²) in [6.07, 6.45) is 4.61. The first-order valence-corrected chi connectivity index (χ1v) is 7.58. The maximum atomic E-state index is 12.2. The number of nitrogens with zero attached hydrogens (tertiary/aromatic N) is 1. The van der Waals surface area contributed by atoms with Crippen molar-refractivity contribution in [3.8, 4) is 0 Å². The van der Waals surface area contributed by atoms with Gasteiger partial charge in [0.05, 0.1) is 4.92 Å². The first kappa shape index (κ1) is 15.8. The number of hydrogen-bond acceptors (Lipinski definition) is 3. The third-order valence-electron chi connectivity index (χ3n) is 4.01. The SMILES string of the molecule is CC1CCCC(CNC(=O)c2cccc(Cl)c2[N+](=O)[O-])C1. The molecule has 0 radical (unpaired) electrons. The number of hydrogen-bond donors (Lipinski definition) is 1. The zero-order chi connectivity index (χ0) is 15.4. The summed E-state index contributed by atoms with van der Waals surface area (Å²) in [5.74, 6) is 0.708. The van der Waals surface area contributed by atoms with Gasteiger partial charge in [-0.1, -0.05) is 37.4 Å². The van der Waals surface area contributed by atoms with Gasteiger partial charge < -0.3 is 5.32 Å². The van der Waals surface area contributed by atoms with Crippen molar-refractivity contribution in [2.45, 2.75) is 32.6 Å². The molecule has 2 rings (SSSR count). The zero-order valence-corrected chi connectivity index (χ0v) is 12.7. The molecule has 6 heteroatoms. The second-order valence-electron chi connectivity index (χ2n) is 5.74. The standard InChI is InChI=1S/C15H19ClN2O3/c1-10-4-2-5-11(8-10)9-17-15(19)12-6-3-7-13(16)14(12)18(20)21/h3,6-7,10-11H,2,4-5,8-9H2,1H3,(H,17,19). The van der Waals surface area contributed by atoms with Gasteiger partial charge in [-0.05, 0) is 36.8 Å². The number of halogens is 1. The van der Waals surface area contributed by atoms with Gasteiger partial charge in [0, 0.05) is 6.54 Å². The average Bonchev–Trinajstić information content (AvgIpc) is 2.44.